The van der Waals surface area contributed by atoms with E-state index in [4.69, 9.17) is 0 Å². The predicted octanol–water partition coefficient (Wildman–Crippen LogP) is 5.02. The lowest BCUT2D eigenvalue weighted by molar-refractivity contribution is -0.154. The van der Waals surface area contributed by atoms with Crippen LogP contribution in [0.5, 0.6) is 0 Å². The highest BCUT2D eigenvalue weighted by Gasteiger charge is 2.58. The largest absolute Gasteiger partial charge is 0.381 e. The fourth-order valence-corrected chi connectivity index (χ4v) is 4.97. The molecule has 1 heterocycles. The van der Waals surface area contributed by atoms with Gasteiger partial charge in [-0.3, -0.25) is 14.6 Å². The Hall–Kier alpha value is -2.11. The monoisotopic (exact) mass is 441 g/mol. The highest BCUT2D eigenvalue weighted by Crippen LogP contribution is 2.50. The SMILES string of the molecule is C=C(C)c1ccncc1C1C(O)(C(C)=O)C=C(C(C)C(C)CCCCC)CC1(O)C(C)=O. The van der Waals surface area contributed by atoms with Gasteiger partial charge < -0.3 is 10.2 Å². The van der Waals surface area contributed by atoms with Crippen LogP contribution in [0.3, 0.4) is 0 Å². The molecule has 5 unspecified atom stereocenters. The summed E-state index contributed by atoms with van der Waals surface area (Å²) in [5.74, 6) is -1.85. The summed E-state index contributed by atoms with van der Waals surface area (Å²) in [5.41, 5.74) is -1.39. The third-order valence-electron chi connectivity index (χ3n) is 7.29. The summed E-state index contributed by atoms with van der Waals surface area (Å²) >= 11 is 0. The third-order valence-corrected chi connectivity index (χ3v) is 7.29. The second kappa shape index (κ2) is 10.2. The molecule has 5 heteroatoms. The maximum absolute atomic E-state index is 12.9. The van der Waals surface area contributed by atoms with Gasteiger partial charge in [0.15, 0.2) is 17.2 Å². The number of aliphatic hydroxyl groups is 2. The summed E-state index contributed by atoms with van der Waals surface area (Å²) in [6.07, 6.45) is 9.19. The van der Waals surface area contributed by atoms with Crippen molar-refractivity contribution in [2.24, 2.45) is 11.8 Å². The first-order valence-corrected chi connectivity index (χ1v) is 11.7. The molecule has 1 aromatic heterocycles. The first-order chi connectivity index (χ1) is 14.9. The zero-order valence-corrected chi connectivity index (χ0v) is 20.4. The molecule has 0 amide bonds. The van der Waals surface area contributed by atoms with Crippen molar-refractivity contribution in [2.75, 3.05) is 0 Å². The van der Waals surface area contributed by atoms with Crippen molar-refractivity contribution in [3.63, 3.8) is 0 Å². The van der Waals surface area contributed by atoms with Crippen molar-refractivity contribution in [1.82, 2.24) is 4.98 Å². The summed E-state index contributed by atoms with van der Waals surface area (Å²) in [6, 6.07) is 1.73. The van der Waals surface area contributed by atoms with E-state index in [-0.39, 0.29) is 12.3 Å². The summed E-state index contributed by atoms with van der Waals surface area (Å²) in [7, 11) is 0. The van der Waals surface area contributed by atoms with E-state index in [1.807, 2.05) is 13.8 Å². The Balaban J connectivity index is 2.67. The van der Waals surface area contributed by atoms with E-state index in [9.17, 15) is 19.8 Å². The Kier molecular flexibility index (Phi) is 8.35. The van der Waals surface area contributed by atoms with Crippen LogP contribution >= 0.6 is 0 Å². The van der Waals surface area contributed by atoms with E-state index in [0.29, 0.717) is 22.6 Å². The van der Waals surface area contributed by atoms with E-state index < -0.39 is 28.7 Å². The van der Waals surface area contributed by atoms with E-state index in [2.05, 4.69) is 25.4 Å². The lowest BCUT2D eigenvalue weighted by Gasteiger charge is -2.48. The Morgan fingerprint density at radius 3 is 2.38 bits per heavy atom. The molecule has 1 aromatic rings. The van der Waals surface area contributed by atoms with Crippen LogP contribution in [0.4, 0.5) is 0 Å². The predicted molar refractivity (Wildman–Crippen MR) is 128 cm³/mol. The van der Waals surface area contributed by atoms with Crippen LogP contribution in [0.2, 0.25) is 0 Å². The van der Waals surface area contributed by atoms with Gasteiger partial charge in [-0.1, -0.05) is 64.2 Å². The first kappa shape index (κ1) is 26.1. The van der Waals surface area contributed by atoms with Crippen molar-refractivity contribution in [2.45, 2.75) is 90.8 Å². The minimum Gasteiger partial charge on any atom is -0.381 e. The molecule has 2 rings (SSSR count). The number of carbonyl (C=O) groups excluding carboxylic acids is 2. The molecule has 5 atom stereocenters. The van der Waals surface area contributed by atoms with Gasteiger partial charge in [-0.05, 0) is 55.9 Å². The number of hydrogen-bond donors (Lipinski definition) is 2. The highest BCUT2D eigenvalue weighted by molar-refractivity contribution is 5.94. The van der Waals surface area contributed by atoms with E-state index in [1.54, 1.807) is 18.3 Å². The fraction of sp³-hybridized carbons (Fsp3) is 0.593. The number of hydrogen-bond acceptors (Lipinski definition) is 5. The molecule has 32 heavy (non-hydrogen) atoms. The van der Waals surface area contributed by atoms with Crippen molar-refractivity contribution in [3.05, 3.63) is 47.8 Å². The summed E-state index contributed by atoms with van der Waals surface area (Å²) in [5, 5.41) is 23.6. The van der Waals surface area contributed by atoms with Crippen LogP contribution in [0.1, 0.15) is 90.7 Å². The van der Waals surface area contributed by atoms with Crippen molar-refractivity contribution >= 4 is 17.1 Å². The van der Waals surface area contributed by atoms with Crippen LogP contribution in [-0.2, 0) is 9.59 Å². The topological polar surface area (TPSA) is 87.5 Å². The van der Waals surface area contributed by atoms with Gasteiger partial charge in [0.25, 0.3) is 0 Å². The van der Waals surface area contributed by atoms with Gasteiger partial charge in [0.2, 0.25) is 0 Å². The molecule has 5 nitrogen and oxygen atoms in total. The van der Waals surface area contributed by atoms with Gasteiger partial charge in [-0.15, -0.1) is 0 Å². The van der Waals surface area contributed by atoms with Gasteiger partial charge in [-0.2, -0.15) is 0 Å². The normalized spacial score (nSPS) is 27.4. The lowest BCUT2D eigenvalue weighted by Crippen LogP contribution is -2.59. The van der Waals surface area contributed by atoms with Gasteiger partial charge >= 0.3 is 0 Å². The van der Waals surface area contributed by atoms with E-state index in [0.717, 1.165) is 31.3 Å². The number of aromatic nitrogens is 1. The van der Waals surface area contributed by atoms with Crippen molar-refractivity contribution in [1.29, 1.82) is 0 Å². The van der Waals surface area contributed by atoms with Crippen LogP contribution < -0.4 is 0 Å². The summed E-state index contributed by atoms with van der Waals surface area (Å²) in [6.45, 7) is 14.8. The molecule has 2 N–H and O–H groups in total. The van der Waals surface area contributed by atoms with E-state index in [1.165, 1.54) is 20.0 Å². The molecule has 0 fully saturated rings. The van der Waals surface area contributed by atoms with Crippen molar-refractivity contribution in [3.8, 4) is 0 Å². The zero-order chi connectivity index (χ0) is 24.3. The highest BCUT2D eigenvalue weighted by atomic mass is 16.3. The Bertz CT molecular complexity index is 905. The van der Waals surface area contributed by atoms with Crippen LogP contribution in [0, 0.1) is 11.8 Å². The minimum atomic E-state index is -2.03. The summed E-state index contributed by atoms with van der Waals surface area (Å²) < 4.78 is 0. The number of rotatable bonds is 10. The number of carbonyl (C=O) groups is 2. The van der Waals surface area contributed by atoms with Gasteiger partial charge in [0.1, 0.15) is 5.60 Å². The number of allylic oxidation sites excluding steroid dienone is 1. The van der Waals surface area contributed by atoms with E-state index >= 15 is 0 Å². The van der Waals surface area contributed by atoms with Crippen LogP contribution in [-0.4, -0.2) is 38.0 Å². The molecular formula is C27H39NO4. The molecule has 0 saturated heterocycles. The molecule has 0 saturated carbocycles. The number of unbranched alkanes of at least 4 members (excludes halogenated alkanes) is 2. The zero-order valence-electron chi connectivity index (χ0n) is 20.4. The third kappa shape index (κ3) is 4.94. The maximum atomic E-state index is 12.9. The molecule has 0 spiro atoms. The Labute approximate surface area is 192 Å². The second-order valence-corrected chi connectivity index (χ2v) is 9.70. The average molecular weight is 442 g/mol. The number of ketones is 2. The Morgan fingerprint density at radius 2 is 1.84 bits per heavy atom. The quantitative estimate of drug-likeness (QED) is 0.393. The van der Waals surface area contributed by atoms with Gasteiger partial charge in [0.05, 0.1) is 5.92 Å². The van der Waals surface area contributed by atoms with Crippen LogP contribution in [0.25, 0.3) is 5.57 Å². The molecule has 0 radical (unpaired) electrons. The number of nitrogens with zero attached hydrogens (tertiary/aromatic N) is 1. The standard InChI is InChI=1S/C27H39NO4/c1-8-9-10-11-18(4)19(5)22-14-26(31,20(6)29)25(27(32,15-22)21(7)30)24-16-28-13-12-23(24)17(2)3/h12-14,16,18-19,25,31-32H,2,8-11,15H2,1,3-7H3. The number of Topliss-reactive ketones (excluding diaryl/α,β-unsaturated/α-hetero) is 2. The van der Waals surface area contributed by atoms with Gasteiger partial charge in [-0.25, -0.2) is 0 Å². The number of pyridine rings is 1. The lowest BCUT2D eigenvalue weighted by atomic mass is 9.59. The molecule has 1 aliphatic rings. The smallest absolute Gasteiger partial charge is 0.165 e. The first-order valence-electron chi connectivity index (χ1n) is 11.7. The van der Waals surface area contributed by atoms with Crippen molar-refractivity contribution < 1.29 is 19.8 Å². The molecule has 0 aromatic carbocycles. The minimum absolute atomic E-state index is 0.0130. The molecule has 176 valence electrons. The molecule has 0 aliphatic heterocycles. The second-order valence-electron chi connectivity index (χ2n) is 9.70. The van der Waals surface area contributed by atoms with Crippen LogP contribution in [0.15, 0.2) is 36.7 Å². The summed E-state index contributed by atoms with van der Waals surface area (Å²) in [4.78, 5) is 30.0. The average Bonchev–Trinajstić information content (AvgIpc) is 2.72. The molecule has 1 aliphatic carbocycles. The molecule has 0 bridgehead atoms. The van der Waals surface area contributed by atoms with Gasteiger partial charge in [0, 0.05) is 18.8 Å². The Morgan fingerprint density at radius 1 is 1.19 bits per heavy atom. The maximum Gasteiger partial charge on any atom is 0.165 e. The molecular weight excluding hydrogens is 402 g/mol. The fourth-order valence-electron chi connectivity index (χ4n) is 4.97.